The maximum absolute atomic E-state index is 5.75. The highest BCUT2D eigenvalue weighted by Crippen LogP contribution is 2.31. The van der Waals surface area contributed by atoms with Crippen LogP contribution in [0.15, 0.2) is 18.2 Å². The molecule has 1 saturated heterocycles. The molecule has 0 radical (unpaired) electrons. The minimum atomic E-state index is 0.401. The van der Waals surface area contributed by atoms with Crippen molar-refractivity contribution in [2.24, 2.45) is 5.73 Å². The van der Waals surface area contributed by atoms with Gasteiger partial charge in [-0.3, -0.25) is 4.90 Å². The summed E-state index contributed by atoms with van der Waals surface area (Å²) in [4.78, 5) is 2.53. The molecule has 112 valence electrons. The van der Waals surface area contributed by atoms with Crippen LogP contribution in [-0.2, 0) is 13.1 Å². The molecule has 0 aliphatic carbocycles. The maximum Gasteiger partial charge on any atom is 0.123 e. The van der Waals surface area contributed by atoms with Gasteiger partial charge in [0.1, 0.15) is 5.75 Å². The van der Waals surface area contributed by atoms with E-state index in [-0.39, 0.29) is 0 Å². The highest BCUT2D eigenvalue weighted by Gasteiger charge is 2.24. The number of rotatable bonds is 4. The summed E-state index contributed by atoms with van der Waals surface area (Å²) in [5, 5.41) is 0. The van der Waals surface area contributed by atoms with Crippen molar-refractivity contribution in [3.63, 3.8) is 0 Å². The lowest BCUT2D eigenvalue weighted by Gasteiger charge is -2.23. The van der Waals surface area contributed by atoms with Gasteiger partial charge in [0.05, 0.1) is 7.11 Å². The third kappa shape index (κ3) is 4.14. The predicted octanol–water partition coefficient (Wildman–Crippen LogP) is 2.87. The van der Waals surface area contributed by atoms with Crippen LogP contribution >= 0.6 is 11.8 Å². The normalized spacial score (nSPS) is 19.6. The zero-order chi connectivity index (χ0) is 14.6. The maximum atomic E-state index is 5.75. The number of hydrogen-bond acceptors (Lipinski definition) is 4. The largest absolute Gasteiger partial charge is 0.496 e. The van der Waals surface area contributed by atoms with E-state index in [0.717, 1.165) is 25.4 Å². The fourth-order valence-electron chi connectivity index (χ4n) is 2.54. The molecule has 3 nitrogen and oxygen atoms in total. The van der Waals surface area contributed by atoms with Gasteiger partial charge in [0.15, 0.2) is 0 Å². The first-order chi connectivity index (χ1) is 9.54. The van der Waals surface area contributed by atoms with E-state index in [4.69, 9.17) is 10.5 Å². The van der Waals surface area contributed by atoms with Crippen LogP contribution in [0.5, 0.6) is 5.75 Å². The van der Waals surface area contributed by atoms with Crippen molar-refractivity contribution < 1.29 is 4.74 Å². The van der Waals surface area contributed by atoms with E-state index in [1.807, 2.05) is 12.1 Å². The second kappa shape index (κ2) is 6.83. The Hall–Kier alpha value is -0.710. The minimum absolute atomic E-state index is 0.401. The molecule has 2 rings (SSSR count). The summed E-state index contributed by atoms with van der Waals surface area (Å²) in [6.45, 7) is 8.52. The van der Waals surface area contributed by atoms with Crippen LogP contribution in [0.4, 0.5) is 0 Å². The number of nitrogens with zero attached hydrogens (tertiary/aromatic N) is 1. The molecule has 1 aliphatic rings. The Bertz CT molecular complexity index is 448. The molecule has 4 heteroatoms. The summed E-state index contributed by atoms with van der Waals surface area (Å²) in [5.41, 5.74) is 8.17. The van der Waals surface area contributed by atoms with Crippen LogP contribution < -0.4 is 10.5 Å². The smallest absolute Gasteiger partial charge is 0.123 e. The van der Waals surface area contributed by atoms with E-state index >= 15 is 0 Å². The van der Waals surface area contributed by atoms with Crippen LogP contribution in [0.1, 0.15) is 31.4 Å². The molecule has 0 atom stereocenters. The molecule has 0 aromatic heterocycles. The topological polar surface area (TPSA) is 38.5 Å². The van der Waals surface area contributed by atoms with Crippen molar-refractivity contribution >= 4 is 11.8 Å². The quantitative estimate of drug-likeness (QED) is 0.927. The number of benzene rings is 1. The third-order valence-electron chi connectivity index (χ3n) is 3.90. The van der Waals surface area contributed by atoms with Crippen molar-refractivity contribution in [1.82, 2.24) is 4.90 Å². The molecule has 0 bridgehead atoms. The van der Waals surface area contributed by atoms with Crippen molar-refractivity contribution in [3.05, 3.63) is 29.3 Å². The summed E-state index contributed by atoms with van der Waals surface area (Å²) in [6, 6.07) is 6.26. The van der Waals surface area contributed by atoms with Gasteiger partial charge in [-0.15, -0.1) is 0 Å². The highest BCUT2D eigenvalue weighted by molar-refractivity contribution is 8.00. The van der Waals surface area contributed by atoms with Crippen molar-refractivity contribution in [3.8, 4) is 5.75 Å². The van der Waals surface area contributed by atoms with Crippen LogP contribution in [0.3, 0.4) is 0 Å². The van der Waals surface area contributed by atoms with Crippen molar-refractivity contribution in [2.45, 2.75) is 38.1 Å². The Morgan fingerprint density at radius 2 is 2.15 bits per heavy atom. The molecule has 0 unspecified atom stereocenters. The van der Waals surface area contributed by atoms with Gasteiger partial charge in [-0.25, -0.2) is 0 Å². The Morgan fingerprint density at radius 3 is 2.85 bits per heavy atom. The summed E-state index contributed by atoms with van der Waals surface area (Å²) < 4.78 is 5.89. The van der Waals surface area contributed by atoms with Gasteiger partial charge in [0.2, 0.25) is 0 Å². The van der Waals surface area contributed by atoms with Gasteiger partial charge >= 0.3 is 0 Å². The minimum Gasteiger partial charge on any atom is -0.496 e. The molecule has 1 aromatic rings. The van der Waals surface area contributed by atoms with Crippen LogP contribution in [0, 0.1) is 0 Å². The van der Waals surface area contributed by atoms with Crippen LogP contribution in [-0.4, -0.2) is 35.6 Å². The molecule has 20 heavy (non-hydrogen) atoms. The Morgan fingerprint density at radius 1 is 1.35 bits per heavy atom. The monoisotopic (exact) mass is 294 g/mol. The van der Waals surface area contributed by atoms with E-state index in [9.17, 15) is 0 Å². The molecule has 0 amide bonds. The van der Waals surface area contributed by atoms with Crippen LogP contribution in [0.25, 0.3) is 0 Å². The van der Waals surface area contributed by atoms with Gasteiger partial charge in [-0.2, -0.15) is 11.8 Å². The lowest BCUT2D eigenvalue weighted by atomic mass is 10.1. The second-order valence-corrected chi connectivity index (χ2v) is 7.79. The van der Waals surface area contributed by atoms with E-state index in [2.05, 4.69) is 36.6 Å². The first-order valence-corrected chi connectivity index (χ1v) is 8.25. The molecule has 1 aromatic carbocycles. The fraction of sp³-hybridized carbons (Fsp3) is 0.625. The lowest BCUT2D eigenvalue weighted by Crippen LogP contribution is -2.27. The molecule has 1 heterocycles. The average Bonchev–Trinajstić information content (AvgIpc) is 2.60. The standard InChI is InChI=1S/C16H26N2OS/c1-16(2)6-7-18(8-9-20-16)12-14-10-13(11-17)4-5-15(14)19-3/h4-5,10H,6-9,11-12,17H2,1-3H3. The molecule has 1 aliphatic heterocycles. The molecular weight excluding hydrogens is 268 g/mol. The first kappa shape index (κ1) is 15.7. The summed E-state index contributed by atoms with van der Waals surface area (Å²) in [5.74, 6) is 2.17. The number of hydrogen-bond donors (Lipinski definition) is 1. The first-order valence-electron chi connectivity index (χ1n) is 7.26. The predicted molar refractivity (Wildman–Crippen MR) is 87.3 cm³/mol. The van der Waals surface area contributed by atoms with Crippen molar-refractivity contribution in [1.29, 1.82) is 0 Å². The van der Waals surface area contributed by atoms with Gasteiger partial charge in [0.25, 0.3) is 0 Å². The summed E-state index contributed by atoms with van der Waals surface area (Å²) in [6.07, 6.45) is 1.23. The third-order valence-corrected chi connectivity index (χ3v) is 5.28. The zero-order valence-corrected chi connectivity index (χ0v) is 13.6. The van der Waals surface area contributed by atoms with Gasteiger partial charge in [-0.1, -0.05) is 19.9 Å². The van der Waals surface area contributed by atoms with Gasteiger partial charge < -0.3 is 10.5 Å². The average molecular weight is 294 g/mol. The second-order valence-electron chi connectivity index (χ2n) is 5.98. The molecular formula is C16H26N2OS. The van der Waals surface area contributed by atoms with Gasteiger partial charge in [-0.05, 0) is 30.7 Å². The summed E-state index contributed by atoms with van der Waals surface area (Å²) in [7, 11) is 1.74. The number of thioether (sulfide) groups is 1. The van der Waals surface area contributed by atoms with Gasteiger partial charge in [0, 0.05) is 35.7 Å². The van der Waals surface area contributed by atoms with E-state index in [1.165, 1.54) is 23.3 Å². The number of methoxy groups -OCH3 is 1. The summed E-state index contributed by atoms with van der Waals surface area (Å²) >= 11 is 2.08. The Kier molecular flexibility index (Phi) is 5.35. The van der Waals surface area contributed by atoms with E-state index < -0.39 is 0 Å². The molecule has 1 fully saturated rings. The fourth-order valence-corrected chi connectivity index (χ4v) is 3.68. The lowest BCUT2D eigenvalue weighted by molar-refractivity contribution is 0.271. The molecule has 2 N–H and O–H groups in total. The number of ether oxygens (including phenoxy) is 1. The zero-order valence-electron chi connectivity index (χ0n) is 12.8. The van der Waals surface area contributed by atoms with Crippen molar-refractivity contribution in [2.75, 3.05) is 26.0 Å². The van der Waals surface area contributed by atoms with E-state index in [1.54, 1.807) is 7.11 Å². The highest BCUT2D eigenvalue weighted by atomic mass is 32.2. The molecule has 0 spiro atoms. The Balaban J connectivity index is 2.08. The van der Waals surface area contributed by atoms with E-state index in [0.29, 0.717) is 11.3 Å². The van der Waals surface area contributed by atoms with Crippen LogP contribution in [0.2, 0.25) is 0 Å². The molecule has 0 saturated carbocycles. The number of nitrogens with two attached hydrogens (primary N) is 1. The Labute approximate surface area is 126 Å². The SMILES string of the molecule is COc1ccc(CN)cc1CN1CCSC(C)(C)CC1.